The van der Waals surface area contributed by atoms with Crippen LogP contribution in [0.1, 0.15) is 30.8 Å². The van der Waals surface area contributed by atoms with Crippen LogP contribution in [-0.4, -0.2) is 32.5 Å². The minimum absolute atomic E-state index is 0.0106. The maximum absolute atomic E-state index is 9.56. The molecule has 1 aromatic rings. The first-order valence-corrected chi connectivity index (χ1v) is 6.55. The molecule has 0 aliphatic rings. The summed E-state index contributed by atoms with van der Waals surface area (Å²) in [6.45, 7) is 7.37. The SMILES string of the molecule is Cc1cc(SC(C)C(C)O)c(/C(N)=N/O)c(C)n1. The third kappa shape index (κ3) is 3.36. The van der Waals surface area contributed by atoms with Gasteiger partial charge in [0.15, 0.2) is 5.84 Å². The van der Waals surface area contributed by atoms with Crippen molar-refractivity contribution in [3.8, 4) is 0 Å². The van der Waals surface area contributed by atoms with Gasteiger partial charge in [-0.25, -0.2) is 0 Å². The van der Waals surface area contributed by atoms with Crippen molar-refractivity contribution in [2.75, 3.05) is 0 Å². The Balaban J connectivity index is 3.24. The van der Waals surface area contributed by atoms with Crippen LogP contribution in [-0.2, 0) is 0 Å². The van der Waals surface area contributed by atoms with E-state index in [9.17, 15) is 5.11 Å². The van der Waals surface area contributed by atoms with Crippen LogP contribution in [0.3, 0.4) is 0 Å². The van der Waals surface area contributed by atoms with E-state index in [-0.39, 0.29) is 11.1 Å². The molecule has 0 bridgehead atoms. The molecule has 0 amide bonds. The van der Waals surface area contributed by atoms with Crippen molar-refractivity contribution in [1.29, 1.82) is 0 Å². The highest BCUT2D eigenvalue weighted by atomic mass is 32.2. The zero-order valence-corrected chi connectivity index (χ0v) is 11.8. The quantitative estimate of drug-likeness (QED) is 0.254. The molecule has 4 N–H and O–H groups in total. The van der Waals surface area contributed by atoms with Crippen molar-refractivity contribution >= 4 is 17.6 Å². The molecule has 2 unspecified atom stereocenters. The Morgan fingerprint density at radius 1 is 1.44 bits per heavy atom. The third-order valence-corrected chi connectivity index (χ3v) is 3.99. The van der Waals surface area contributed by atoms with Gasteiger partial charge in [0.25, 0.3) is 0 Å². The molecule has 0 aromatic carbocycles. The van der Waals surface area contributed by atoms with E-state index in [0.717, 1.165) is 10.6 Å². The first kappa shape index (κ1) is 14.8. The number of hydrogen-bond acceptors (Lipinski definition) is 5. The molecular formula is C12H19N3O2S. The fourth-order valence-corrected chi connectivity index (χ4v) is 2.75. The van der Waals surface area contributed by atoms with Gasteiger partial charge in [-0.3, -0.25) is 4.98 Å². The Bertz CT molecular complexity index is 461. The van der Waals surface area contributed by atoms with E-state index in [4.69, 9.17) is 10.9 Å². The van der Waals surface area contributed by atoms with Gasteiger partial charge < -0.3 is 16.0 Å². The molecular weight excluding hydrogens is 250 g/mol. The van der Waals surface area contributed by atoms with Crippen LogP contribution in [0.5, 0.6) is 0 Å². The number of nitrogens with two attached hydrogens (primary N) is 1. The van der Waals surface area contributed by atoms with Gasteiger partial charge in [0.2, 0.25) is 0 Å². The van der Waals surface area contributed by atoms with Crippen LogP contribution in [0.4, 0.5) is 0 Å². The number of rotatable bonds is 4. The first-order chi connectivity index (χ1) is 8.36. The summed E-state index contributed by atoms with van der Waals surface area (Å²) in [5.74, 6) is 0.0419. The molecule has 0 aliphatic carbocycles. The number of aliphatic hydroxyl groups is 1. The lowest BCUT2D eigenvalue weighted by molar-refractivity contribution is 0.196. The summed E-state index contributed by atoms with van der Waals surface area (Å²) in [7, 11) is 0. The Morgan fingerprint density at radius 3 is 2.56 bits per heavy atom. The first-order valence-electron chi connectivity index (χ1n) is 5.67. The van der Waals surface area contributed by atoms with E-state index >= 15 is 0 Å². The molecule has 1 rings (SSSR count). The predicted octanol–water partition coefficient (Wildman–Crippen LogP) is 1.65. The van der Waals surface area contributed by atoms with E-state index in [0.29, 0.717) is 11.3 Å². The van der Waals surface area contributed by atoms with Crippen molar-refractivity contribution in [2.45, 2.75) is 43.9 Å². The highest BCUT2D eigenvalue weighted by Gasteiger charge is 2.18. The number of pyridine rings is 1. The van der Waals surface area contributed by atoms with E-state index in [1.165, 1.54) is 11.8 Å². The molecule has 0 aliphatic heterocycles. The highest BCUT2D eigenvalue weighted by molar-refractivity contribution is 8.00. The monoisotopic (exact) mass is 269 g/mol. The average Bonchev–Trinajstić information content (AvgIpc) is 2.27. The predicted molar refractivity (Wildman–Crippen MR) is 73.2 cm³/mol. The van der Waals surface area contributed by atoms with Gasteiger partial charge in [0.05, 0.1) is 11.7 Å². The minimum atomic E-state index is -0.441. The summed E-state index contributed by atoms with van der Waals surface area (Å²) in [6.07, 6.45) is -0.441. The number of thioether (sulfide) groups is 1. The Hall–Kier alpha value is -1.27. The number of aryl methyl sites for hydroxylation is 2. The van der Waals surface area contributed by atoms with Crippen molar-refractivity contribution in [2.24, 2.45) is 10.9 Å². The van der Waals surface area contributed by atoms with Gasteiger partial charge in [0, 0.05) is 21.5 Å². The fraction of sp³-hybridized carbons (Fsp3) is 0.500. The van der Waals surface area contributed by atoms with Gasteiger partial charge in [-0.05, 0) is 26.8 Å². The fourth-order valence-electron chi connectivity index (χ4n) is 1.55. The number of aliphatic hydroxyl groups excluding tert-OH is 1. The molecule has 0 radical (unpaired) electrons. The number of nitrogens with zero attached hydrogens (tertiary/aromatic N) is 2. The summed E-state index contributed by atoms with van der Waals surface area (Å²) in [6, 6.07) is 1.88. The lowest BCUT2D eigenvalue weighted by Crippen LogP contribution is -2.20. The van der Waals surface area contributed by atoms with Gasteiger partial charge in [-0.1, -0.05) is 12.1 Å². The number of hydrogen-bond donors (Lipinski definition) is 3. The molecule has 0 saturated carbocycles. The molecule has 1 heterocycles. The molecule has 2 atom stereocenters. The molecule has 0 saturated heterocycles. The van der Waals surface area contributed by atoms with Crippen molar-refractivity contribution in [3.05, 3.63) is 23.0 Å². The zero-order valence-electron chi connectivity index (χ0n) is 11.0. The molecule has 0 fully saturated rings. The summed E-state index contributed by atoms with van der Waals surface area (Å²) in [5, 5.41) is 21.4. The average molecular weight is 269 g/mol. The van der Waals surface area contributed by atoms with Gasteiger partial charge in [0.1, 0.15) is 0 Å². The lowest BCUT2D eigenvalue weighted by Gasteiger charge is -2.17. The number of oxime groups is 1. The van der Waals surface area contributed by atoms with Crippen LogP contribution in [0.2, 0.25) is 0 Å². The van der Waals surface area contributed by atoms with Crippen molar-refractivity contribution in [1.82, 2.24) is 4.98 Å². The second-order valence-electron chi connectivity index (χ2n) is 4.27. The van der Waals surface area contributed by atoms with Crippen LogP contribution >= 0.6 is 11.8 Å². The summed E-state index contributed by atoms with van der Waals surface area (Å²) in [5.41, 5.74) is 7.88. The molecule has 0 spiro atoms. The van der Waals surface area contributed by atoms with Crippen LogP contribution in [0.25, 0.3) is 0 Å². The maximum atomic E-state index is 9.56. The largest absolute Gasteiger partial charge is 0.409 e. The Kier molecular flexibility index (Phi) is 4.98. The Labute approximate surface area is 111 Å². The normalized spacial score (nSPS) is 15.5. The van der Waals surface area contributed by atoms with Crippen molar-refractivity contribution < 1.29 is 10.3 Å². The molecule has 5 nitrogen and oxygen atoms in total. The smallest absolute Gasteiger partial charge is 0.173 e. The standard InChI is InChI=1S/C12H19N3O2S/c1-6-5-10(18-9(4)8(3)16)11(7(2)14-6)12(13)15-17/h5,8-9,16-17H,1-4H3,(H2,13,15). The summed E-state index contributed by atoms with van der Waals surface area (Å²) >= 11 is 1.49. The summed E-state index contributed by atoms with van der Waals surface area (Å²) in [4.78, 5) is 5.17. The minimum Gasteiger partial charge on any atom is -0.409 e. The van der Waals surface area contributed by atoms with E-state index in [2.05, 4.69) is 10.1 Å². The third-order valence-electron chi connectivity index (χ3n) is 2.65. The van der Waals surface area contributed by atoms with Crippen LogP contribution in [0.15, 0.2) is 16.1 Å². The lowest BCUT2D eigenvalue weighted by atomic mass is 10.1. The molecule has 6 heteroatoms. The van der Waals surface area contributed by atoms with Gasteiger partial charge in [-0.15, -0.1) is 11.8 Å². The van der Waals surface area contributed by atoms with Crippen LogP contribution in [0, 0.1) is 13.8 Å². The van der Waals surface area contributed by atoms with E-state index < -0.39 is 6.10 Å². The summed E-state index contributed by atoms with van der Waals surface area (Å²) < 4.78 is 0. The van der Waals surface area contributed by atoms with E-state index in [1.807, 2.05) is 26.8 Å². The number of amidine groups is 1. The van der Waals surface area contributed by atoms with Gasteiger partial charge >= 0.3 is 0 Å². The molecule has 18 heavy (non-hydrogen) atoms. The second kappa shape index (κ2) is 6.06. The maximum Gasteiger partial charge on any atom is 0.173 e. The van der Waals surface area contributed by atoms with Crippen LogP contribution < -0.4 is 5.73 Å². The molecule has 1 aromatic heterocycles. The van der Waals surface area contributed by atoms with Gasteiger partial charge in [-0.2, -0.15) is 0 Å². The zero-order chi connectivity index (χ0) is 13.9. The Morgan fingerprint density at radius 2 is 2.06 bits per heavy atom. The molecule has 100 valence electrons. The van der Waals surface area contributed by atoms with E-state index in [1.54, 1.807) is 6.92 Å². The number of aromatic nitrogens is 1. The second-order valence-corrected chi connectivity index (χ2v) is 5.69. The topological polar surface area (TPSA) is 91.7 Å². The van der Waals surface area contributed by atoms with Crippen molar-refractivity contribution in [3.63, 3.8) is 0 Å². The highest BCUT2D eigenvalue weighted by Crippen LogP contribution is 2.30.